The lowest BCUT2D eigenvalue weighted by Gasteiger charge is -2.43. The Morgan fingerprint density at radius 3 is 2.39 bits per heavy atom. The second-order valence-corrected chi connectivity index (χ2v) is 7.06. The Balaban J connectivity index is 1.79. The van der Waals surface area contributed by atoms with Gasteiger partial charge in [-0.1, -0.05) is 35.3 Å². The van der Waals surface area contributed by atoms with Gasteiger partial charge in [-0.2, -0.15) is 8.78 Å². The highest BCUT2D eigenvalue weighted by Gasteiger charge is 2.41. The third-order valence-electron chi connectivity index (χ3n) is 4.57. The van der Waals surface area contributed by atoms with E-state index >= 15 is 0 Å². The number of aromatic nitrogens is 2. The predicted molar refractivity (Wildman–Crippen MR) is 99.0 cm³/mol. The van der Waals surface area contributed by atoms with Crippen molar-refractivity contribution < 1.29 is 18.4 Å². The van der Waals surface area contributed by atoms with Gasteiger partial charge in [-0.05, 0) is 30.9 Å². The number of alkyl halides is 2. The number of carbonyl (C=O) groups excluding carboxylic acids is 2. The first kappa shape index (κ1) is 20.4. The van der Waals surface area contributed by atoms with Crippen molar-refractivity contribution in [2.45, 2.75) is 31.2 Å². The smallest absolute Gasteiger partial charge is 0.317 e. The molecule has 2 amide bonds. The van der Waals surface area contributed by atoms with Crippen molar-refractivity contribution >= 4 is 41.0 Å². The molecular formula is C17H15Cl2F2N5O2. The zero-order valence-corrected chi connectivity index (χ0v) is 15.8. The number of halogens is 4. The number of nitrogens with one attached hydrogen (secondary N) is 1. The van der Waals surface area contributed by atoms with Gasteiger partial charge in [-0.25, -0.2) is 20.8 Å². The minimum absolute atomic E-state index is 0.157. The second kappa shape index (κ2) is 7.94. The van der Waals surface area contributed by atoms with Crippen LogP contribution in [0.2, 0.25) is 10.0 Å². The summed E-state index contributed by atoms with van der Waals surface area (Å²) in [6.45, 7) is 0. The maximum Gasteiger partial charge on any atom is 0.317 e. The molecule has 0 atom stereocenters. The molecule has 28 heavy (non-hydrogen) atoms. The van der Waals surface area contributed by atoms with Crippen LogP contribution >= 0.6 is 23.2 Å². The minimum Gasteiger partial charge on any atom is -0.345 e. The molecule has 0 saturated heterocycles. The van der Waals surface area contributed by atoms with E-state index in [1.165, 1.54) is 0 Å². The summed E-state index contributed by atoms with van der Waals surface area (Å²) < 4.78 is 24.8. The van der Waals surface area contributed by atoms with Crippen LogP contribution in [0.1, 0.15) is 35.2 Å². The van der Waals surface area contributed by atoms with E-state index in [9.17, 15) is 18.4 Å². The Labute approximate surface area is 168 Å². The van der Waals surface area contributed by atoms with Crippen LogP contribution in [-0.4, -0.2) is 33.2 Å². The van der Waals surface area contributed by atoms with Crippen LogP contribution in [0.15, 0.2) is 30.6 Å². The first-order chi connectivity index (χ1) is 13.2. The van der Waals surface area contributed by atoms with Crippen LogP contribution in [0.3, 0.4) is 0 Å². The lowest BCUT2D eigenvalue weighted by Crippen LogP contribution is -2.45. The average molecular weight is 430 g/mol. The van der Waals surface area contributed by atoms with Crippen molar-refractivity contribution in [3.63, 3.8) is 0 Å². The number of nitrogens with zero attached hydrogens (tertiary/aromatic N) is 3. The molecule has 1 aromatic carbocycles. The van der Waals surface area contributed by atoms with Gasteiger partial charge in [0.15, 0.2) is 0 Å². The number of rotatable bonds is 5. The number of nitrogens with two attached hydrogens (primary N) is 1. The van der Waals surface area contributed by atoms with Gasteiger partial charge in [0, 0.05) is 12.4 Å². The van der Waals surface area contributed by atoms with E-state index in [2.05, 4.69) is 15.3 Å². The van der Waals surface area contributed by atoms with Crippen LogP contribution in [-0.2, 0) is 10.3 Å². The lowest BCUT2D eigenvalue weighted by atomic mass is 9.72. The molecule has 3 N–H and O–H groups in total. The van der Waals surface area contributed by atoms with Crippen molar-refractivity contribution in [2.24, 2.45) is 5.84 Å². The van der Waals surface area contributed by atoms with Crippen LogP contribution in [0.4, 0.5) is 14.7 Å². The van der Waals surface area contributed by atoms with Crippen molar-refractivity contribution in [2.75, 3.05) is 5.32 Å². The van der Waals surface area contributed by atoms with Gasteiger partial charge < -0.3 is 5.32 Å². The van der Waals surface area contributed by atoms with Crippen molar-refractivity contribution in [3.8, 4) is 0 Å². The molecule has 11 heteroatoms. The molecular weight excluding hydrogens is 415 g/mol. The zero-order chi connectivity index (χ0) is 20.5. The third kappa shape index (κ3) is 3.78. The summed E-state index contributed by atoms with van der Waals surface area (Å²) in [5, 5.41) is 3.92. The molecule has 0 spiro atoms. The summed E-state index contributed by atoms with van der Waals surface area (Å²) in [4.78, 5) is 31.2. The number of carbonyl (C=O) groups is 2. The van der Waals surface area contributed by atoms with E-state index in [1.54, 1.807) is 12.1 Å². The van der Waals surface area contributed by atoms with E-state index in [0.717, 1.165) is 37.2 Å². The average Bonchev–Trinajstić information content (AvgIpc) is 2.66. The van der Waals surface area contributed by atoms with Gasteiger partial charge in [-0.3, -0.25) is 9.59 Å². The summed E-state index contributed by atoms with van der Waals surface area (Å²) in [7, 11) is 0. The molecule has 0 aliphatic heterocycles. The molecule has 1 saturated carbocycles. The second-order valence-electron chi connectivity index (χ2n) is 6.27. The predicted octanol–water partition coefficient (Wildman–Crippen LogP) is 3.38. The van der Waals surface area contributed by atoms with E-state index in [1.807, 2.05) is 6.07 Å². The Kier molecular flexibility index (Phi) is 5.78. The van der Waals surface area contributed by atoms with E-state index in [4.69, 9.17) is 29.0 Å². The topological polar surface area (TPSA) is 101 Å². The highest BCUT2D eigenvalue weighted by atomic mass is 35.5. The lowest BCUT2D eigenvalue weighted by molar-refractivity contribution is -0.140. The summed E-state index contributed by atoms with van der Waals surface area (Å²) in [5.41, 5.74) is 0.108. The number of imide groups is 1. The fraction of sp³-hybridized carbons (Fsp3) is 0.294. The van der Waals surface area contributed by atoms with Crippen molar-refractivity contribution in [3.05, 3.63) is 51.8 Å². The summed E-state index contributed by atoms with van der Waals surface area (Å²) in [6.07, 6.45) is 1.32. The maximum absolute atomic E-state index is 12.4. The highest BCUT2D eigenvalue weighted by molar-refractivity contribution is 6.42. The molecule has 0 bridgehead atoms. The SMILES string of the molecule is NN(C(=O)c1cnc(NC2(c3cccc(Cl)c3Cl)CCC2)nc1)C(=O)C(F)F. The van der Waals surface area contributed by atoms with E-state index in [-0.39, 0.29) is 16.5 Å². The normalized spacial score (nSPS) is 15.1. The Morgan fingerprint density at radius 1 is 1.21 bits per heavy atom. The number of hydrazine groups is 1. The monoisotopic (exact) mass is 429 g/mol. The molecule has 1 aliphatic rings. The van der Waals surface area contributed by atoms with Gasteiger partial charge in [-0.15, -0.1) is 0 Å². The molecule has 148 valence electrons. The Hall–Kier alpha value is -2.36. The molecule has 1 aromatic heterocycles. The first-order valence-electron chi connectivity index (χ1n) is 8.21. The first-order valence-corrected chi connectivity index (χ1v) is 8.96. The van der Waals surface area contributed by atoms with Crippen LogP contribution < -0.4 is 11.2 Å². The maximum atomic E-state index is 12.4. The number of hydrogen-bond acceptors (Lipinski definition) is 6. The Morgan fingerprint density at radius 2 is 1.86 bits per heavy atom. The van der Waals surface area contributed by atoms with E-state index < -0.39 is 23.8 Å². The van der Waals surface area contributed by atoms with Crippen LogP contribution in [0, 0.1) is 0 Å². The number of benzene rings is 1. The summed E-state index contributed by atoms with van der Waals surface area (Å²) in [5.74, 6) is 2.39. The quantitative estimate of drug-likeness (QED) is 0.429. The van der Waals surface area contributed by atoms with Crippen molar-refractivity contribution in [1.29, 1.82) is 0 Å². The summed E-state index contributed by atoms with van der Waals surface area (Å²) >= 11 is 12.5. The molecule has 1 fully saturated rings. The fourth-order valence-corrected chi connectivity index (χ4v) is 3.41. The minimum atomic E-state index is -3.39. The molecule has 3 rings (SSSR count). The number of anilines is 1. The molecule has 2 aromatic rings. The largest absolute Gasteiger partial charge is 0.345 e. The van der Waals surface area contributed by atoms with Gasteiger partial charge in [0.05, 0.1) is 21.1 Å². The standard InChI is InChI=1S/C17H15Cl2F2N5O2/c18-11-4-1-3-10(12(11)19)17(5-2-6-17)25-16-23-7-9(8-24-16)14(27)26(22)15(28)13(20)21/h1,3-4,7-8,13H,2,5-6,22H2,(H,23,24,25). The Bertz CT molecular complexity index is 907. The van der Waals surface area contributed by atoms with Crippen LogP contribution in [0.5, 0.6) is 0 Å². The molecule has 7 nitrogen and oxygen atoms in total. The van der Waals surface area contributed by atoms with Crippen molar-refractivity contribution in [1.82, 2.24) is 15.0 Å². The van der Waals surface area contributed by atoms with Gasteiger partial charge >= 0.3 is 12.3 Å². The van der Waals surface area contributed by atoms with Gasteiger partial charge in [0.1, 0.15) is 0 Å². The molecule has 0 unspecified atom stereocenters. The molecule has 1 heterocycles. The van der Waals surface area contributed by atoms with E-state index in [0.29, 0.717) is 10.0 Å². The van der Waals surface area contributed by atoms with Crippen LogP contribution in [0.25, 0.3) is 0 Å². The number of amides is 2. The third-order valence-corrected chi connectivity index (χ3v) is 5.39. The molecule has 0 radical (unpaired) electrons. The fourth-order valence-electron chi connectivity index (χ4n) is 2.93. The summed E-state index contributed by atoms with van der Waals surface area (Å²) in [6, 6.07) is 5.35. The van der Waals surface area contributed by atoms with Gasteiger partial charge in [0.25, 0.3) is 5.91 Å². The molecule has 1 aliphatic carbocycles. The number of hydrogen-bond donors (Lipinski definition) is 2. The highest BCUT2D eigenvalue weighted by Crippen LogP contribution is 2.47. The zero-order valence-electron chi connectivity index (χ0n) is 14.3. The van der Waals surface area contributed by atoms with Gasteiger partial charge in [0.2, 0.25) is 5.95 Å².